The van der Waals surface area contributed by atoms with Crippen molar-refractivity contribution in [3.8, 4) is 0 Å². The fourth-order valence-electron chi connectivity index (χ4n) is 6.97. The molecule has 2 aromatic rings. The maximum atomic E-state index is 12.3. The molecule has 0 spiro atoms. The zero-order valence-electron chi connectivity index (χ0n) is 23.0. The van der Waals surface area contributed by atoms with E-state index in [0.29, 0.717) is 0 Å². The molecule has 0 heterocycles. The van der Waals surface area contributed by atoms with Gasteiger partial charge in [-0.3, -0.25) is 4.39 Å². The molecule has 2 aromatic carbocycles. The summed E-state index contributed by atoms with van der Waals surface area (Å²) in [6, 6.07) is 19.2. The number of unbranched alkanes of at least 4 members (excludes halogenated alkanes) is 3. The predicted molar refractivity (Wildman–Crippen MR) is 154 cm³/mol. The normalized spacial score (nSPS) is 24.6. The number of hydrogen-bond acceptors (Lipinski definition) is 0. The van der Waals surface area contributed by atoms with Crippen LogP contribution in [0.25, 0.3) is 0 Å². The zero-order valence-corrected chi connectivity index (χ0v) is 23.0. The van der Waals surface area contributed by atoms with Gasteiger partial charge in [0.05, 0.1) is 6.67 Å². The third-order valence-electron chi connectivity index (χ3n) is 9.51. The molecule has 0 N–H and O–H groups in total. The van der Waals surface area contributed by atoms with Gasteiger partial charge < -0.3 is 0 Å². The molecule has 0 radical (unpaired) electrons. The van der Waals surface area contributed by atoms with Crippen LogP contribution in [0.1, 0.15) is 137 Å². The lowest BCUT2D eigenvalue weighted by Crippen LogP contribution is -2.13. The van der Waals surface area contributed by atoms with E-state index in [1.54, 1.807) is 11.1 Å². The van der Waals surface area contributed by atoms with Crippen LogP contribution in [0.3, 0.4) is 0 Å². The Kier molecular flexibility index (Phi) is 11.4. The first kappa shape index (κ1) is 27.4. The van der Waals surface area contributed by atoms with Crippen molar-refractivity contribution in [3.63, 3.8) is 0 Å². The molecule has 4 rings (SSSR count). The van der Waals surface area contributed by atoms with Crippen molar-refractivity contribution in [2.24, 2.45) is 11.8 Å². The first-order valence-electron chi connectivity index (χ1n) is 15.5. The Morgan fingerprint density at radius 2 is 1.00 bits per heavy atom. The van der Waals surface area contributed by atoms with Crippen LogP contribution < -0.4 is 0 Å². The highest BCUT2D eigenvalue weighted by Crippen LogP contribution is 2.39. The average Bonchev–Trinajstić information content (AvgIpc) is 2.94. The summed E-state index contributed by atoms with van der Waals surface area (Å²) >= 11 is 0. The fourth-order valence-corrected chi connectivity index (χ4v) is 6.97. The highest BCUT2D eigenvalue weighted by atomic mass is 19.1. The molecule has 36 heavy (non-hydrogen) atoms. The lowest BCUT2D eigenvalue weighted by Gasteiger charge is -2.29. The third-order valence-corrected chi connectivity index (χ3v) is 9.51. The lowest BCUT2D eigenvalue weighted by molar-refractivity contribution is 0.300. The van der Waals surface area contributed by atoms with Gasteiger partial charge in [0.25, 0.3) is 0 Å². The molecule has 198 valence electrons. The maximum absolute atomic E-state index is 12.3. The summed E-state index contributed by atoms with van der Waals surface area (Å²) in [6.07, 6.45) is 21.9. The average molecular weight is 491 g/mol. The van der Waals surface area contributed by atoms with E-state index in [9.17, 15) is 4.39 Å². The Labute approximate surface area is 221 Å². The Balaban J connectivity index is 1.17. The molecular weight excluding hydrogens is 439 g/mol. The Morgan fingerprint density at radius 3 is 1.42 bits per heavy atom. The maximum Gasteiger partial charge on any atom is 0.0894 e. The third kappa shape index (κ3) is 8.46. The van der Waals surface area contributed by atoms with Gasteiger partial charge in [-0.25, -0.2) is 0 Å². The van der Waals surface area contributed by atoms with E-state index < -0.39 is 0 Å². The summed E-state index contributed by atoms with van der Waals surface area (Å²) in [5.74, 6) is 3.41. The highest BCUT2D eigenvalue weighted by molar-refractivity contribution is 5.29. The summed E-state index contributed by atoms with van der Waals surface area (Å²) in [5, 5.41) is 0. The summed E-state index contributed by atoms with van der Waals surface area (Å²) in [4.78, 5) is 0. The summed E-state index contributed by atoms with van der Waals surface area (Å²) < 4.78 is 12.3. The number of rotatable bonds is 13. The Bertz CT molecular complexity index is 835. The summed E-state index contributed by atoms with van der Waals surface area (Å²) in [6.45, 7) is 2.17. The van der Waals surface area contributed by atoms with E-state index >= 15 is 0 Å². The Hall–Kier alpha value is -1.63. The van der Waals surface area contributed by atoms with Gasteiger partial charge in [0.2, 0.25) is 0 Å². The van der Waals surface area contributed by atoms with Gasteiger partial charge in [0, 0.05) is 0 Å². The van der Waals surface area contributed by atoms with Gasteiger partial charge in [-0.1, -0.05) is 94.0 Å². The van der Waals surface area contributed by atoms with Gasteiger partial charge in [0.15, 0.2) is 0 Å². The van der Waals surface area contributed by atoms with Crippen LogP contribution >= 0.6 is 0 Å². The van der Waals surface area contributed by atoms with E-state index in [4.69, 9.17) is 0 Å². The number of aryl methyl sites for hydroxylation is 2. The molecular formula is C35H51F. The first-order chi connectivity index (χ1) is 17.7. The molecule has 0 unspecified atom stereocenters. The molecule has 0 nitrogen and oxygen atoms in total. The molecule has 0 saturated heterocycles. The van der Waals surface area contributed by atoms with Crippen molar-refractivity contribution in [2.75, 3.05) is 6.67 Å². The van der Waals surface area contributed by atoms with Crippen molar-refractivity contribution in [1.82, 2.24) is 0 Å². The second kappa shape index (κ2) is 14.9. The smallest absolute Gasteiger partial charge is 0.0894 e. The van der Waals surface area contributed by atoms with E-state index in [2.05, 4.69) is 55.5 Å². The fraction of sp³-hybridized carbons (Fsp3) is 0.657. The lowest BCUT2D eigenvalue weighted by atomic mass is 9.77. The van der Waals surface area contributed by atoms with Crippen LogP contribution in [0.2, 0.25) is 0 Å². The van der Waals surface area contributed by atoms with Crippen molar-refractivity contribution in [3.05, 3.63) is 70.8 Å². The number of benzene rings is 2. The van der Waals surface area contributed by atoms with E-state index in [0.717, 1.165) is 49.4 Å². The topological polar surface area (TPSA) is 0 Å². The molecule has 0 atom stereocenters. The second-order valence-electron chi connectivity index (χ2n) is 12.1. The predicted octanol–water partition coefficient (Wildman–Crippen LogP) is 10.7. The van der Waals surface area contributed by atoms with Gasteiger partial charge in [-0.05, 0) is 117 Å². The SMILES string of the molecule is CCCCC1CCC(c2ccc(CCc3ccc(C4CCC(CCCCCF)CC4)cc3)cc2)CC1. The van der Waals surface area contributed by atoms with Crippen LogP contribution in [0, 0.1) is 11.8 Å². The molecule has 2 saturated carbocycles. The van der Waals surface area contributed by atoms with Crippen LogP contribution in [0.15, 0.2) is 48.5 Å². The van der Waals surface area contributed by atoms with Crippen LogP contribution in [-0.2, 0) is 12.8 Å². The van der Waals surface area contributed by atoms with Crippen LogP contribution in [0.5, 0.6) is 0 Å². The highest BCUT2D eigenvalue weighted by Gasteiger charge is 2.23. The van der Waals surface area contributed by atoms with Gasteiger partial charge in [-0.2, -0.15) is 0 Å². The molecule has 0 aliphatic heterocycles. The van der Waals surface area contributed by atoms with E-state index in [1.165, 1.54) is 94.6 Å². The largest absolute Gasteiger partial charge is 0.251 e. The Morgan fingerprint density at radius 1 is 0.556 bits per heavy atom. The van der Waals surface area contributed by atoms with E-state index in [1.807, 2.05) is 0 Å². The van der Waals surface area contributed by atoms with Crippen molar-refractivity contribution in [2.45, 2.75) is 128 Å². The molecule has 2 fully saturated rings. The molecule has 2 aliphatic rings. The van der Waals surface area contributed by atoms with Crippen molar-refractivity contribution >= 4 is 0 Å². The van der Waals surface area contributed by atoms with Gasteiger partial charge in [0.1, 0.15) is 0 Å². The van der Waals surface area contributed by atoms with Crippen LogP contribution in [-0.4, -0.2) is 6.67 Å². The number of halogens is 1. The quantitative estimate of drug-likeness (QED) is 0.245. The summed E-state index contributed by atoms with van der Waals surface area (Å²) in [5.41, 5.74) is 6.06. The minimum atomic E-state index is -0.144. The van der Waals surface area contributed by atoms with Crippen molar-refractivity contribution in [1.29, 1.82) is 0 Å². The second-order valence-corrected chi connectivity index (χ2v) is 12.1. The van der Waals surface area contributed by atoms with E-state index in [-0.39, 0.29) is 6.67 Å². The molecule has 0 aromatic heterocycles. The monoisotopic (exact) mass is 490 g/mol. The molecule has 0 amide bonds. The standard InChI is InChI=1S/C35H51F/c1-2-3-7-28-11-19-32(20-12-28)34-23-15-30(16-24-34)9-10-31-17-25-35(26-18-31)33-21-13-29(14-22-33)8-5-4-6-27-36/h15-18,23-26,28-29,32-33H,2-14,19-22,27H2,1H3. The van der Waals surface area contributed by atoms with Crippen LogP contribution in [0.4, 0.5) is 4.39 Å². The molecule has 0 bridgehead atoms. The van der Waals surface area contributed by atoms with Gasteiger partial charge >= 0.3 is 0 Å². The van der Waals surface area contributed by atoms with Crippen molar-refractivity contribution < 1.29 is 4.39 Å². The minimum Gasteiger partial charge on any atom is -0.251 e. The minimum absolute atomic E-state index is 0.144. The molecule has 1 heteroatoms. The number of hydrogen-bond donors (Lipinski definition) is 0. The van der Waals surface area contributed by atoms with Gasteiger partial charge in [-0.15, -0.1) is 0 Å². The summed E-state index contributed by atoms with van der Waals surface area (Å²) in [7, 11) is 0. The number of alkyl halides is 1. The first-order valence-corrected chi connectivity index (χ1v) is 15.5. The molecule has 2 aliphatic carbocycles. The zero-order chi connectivity index (χ0) is 25.0.